The van der Waals surface area contributed by atoms with Gasteiger partial charge in [0.05, 0.1) is 11.9 Å². The summed E-state index contributed by atoms with van der Waals surface area (Å²) in [7, 11) is 0. The molecule has 0 aliphatic carbocycles. The summed E-state index contributed by atoms with van der Waals surface area (Å²) in [5.41, 5.74) is 1.76. The van der Waals surface area contributed by atoms with E-state index in [1.165, 1.54) is 16.8 Å². The second-order valence-electron chi connectivity index (χ2n) is 3.22. The van der Waals surface area contributed by atoms with Gasteiger partial charge in [-0.05, 0) is 30.7 Å². The lowest BCUT2D eigenvalue weighted by Crippen LogP contribution is -2.02. The SMILES string of the molecule is Cc1cnn(-c2cccc(F)c2)c1C=O. The molecule has 0 aliphatic heterocycles. The standard InChI is InChI=1S/C11H9FN2O/c1-8-6-13-14(11(8)7-15)10-4-2-3-9(12)5-10/h2-7H,1H3. The molecule has 0 fully saturated rings. The van der Waals surface area contributed by atoms with Gasteiger partial charge in [-0.3, -0.25) is 4.79 Å². The molecule has 0 amide bonds. The average Bonchev–Trinajstić information content (AvgIpc) is 2.59. The number of carbonyl (C=O) groups is 1. The topological polar surface area (TPSA) is 34.9 Å². The van der Waals surface area contributed by atoms with E-state index in [0.717, 1.165) is 5.56 Å². The Balaban J connectivity index is 2.58. The fourth-order valence-corrected chi connectivity index (χ4v) is 1.40. The van der Waals surface area contributed by atoms with Crippen molar-refractivity contribution < 1.29 is 9.18 Å². The fourth-order valence-electron chi connectivity index (χ4n) is 1.40. The Morgan fingerprint density at radius 3 is 2.93 bits per heavy atom. The van der Waals surface area contributed by atoms with Crippen molar-refractivity contribution in [3.05, 3.63) is 47.5 Å². The van der Waals surface area contributed by atoms with Gasteiger partial charge in [0.15, 0.2) is 6.29 Å². The molecule has 0 unspecified atom stereocenters. The van der Waals surface area contributed by atoms with E-state index in [9.17, 15) is 9.18 Å². The van der Waals surface area contributed by atoms with E-state index in [1.807, 2.05) is 0 Å². The predicted molar refractivity (Wildman–Crippen MR) is 53.6 cm³/mol. The summed E-state index contributed by atoms with van der Waals surface area (Å²) >= 11 is 0. The largest absolute Gasteiger partial charge is 0.296 e. The van der Waals surface area contributed by atoms with Gasteiger partial charge >= 0.3 is 0 Å². The lowest BCUT2D eigenvalue weighted by Gasteiger charge is -2.03. The van der Waals surface area contributed by atoms with Crippen LogP contribution in [0.4, 0.5) is 4.39 Å². The summed E-state index contributed by atoms with van der Waals surface area (Å²) in [6.45, 7) is 1.78. The maximum Gasteiger partial charge on any atom is 0.168 e. The van der Waals surface area contributed by atoms with Gasteiger partial charge in [-0.1, -0.05) is 6.07 Å². The van der Waals surface area contributed by atoms with Crippen LogP contribution in [0.1, 0.15) is 16.1 Å². The van der Waals surface area contributed by atoms with Crippen molar-refractivity contribution in [2.75, 3.05) is 0 Å². The number of hydrogen-bond acceptors (Lipinski definition) is 2. The molecule has 0 spiro atoms. The monoisotopic (exact) mass is 204 g/mol. The van der Waals surface area contributed by atoms with Crippen LogP contribution in [0.2, 0.25) is 0 Å². The van der Waals surface area contributed by atoms with Crippen LogP contribution in [0.15, 0.2) is 30.5 Å². The normalized spacial score (nSPS) is 10.3. The fraction of sp³-hybridized carbons (Fsp3) is 0.0909. The molecule has 2 aromatic rings. The number of aldehydes is 1. The van der Waals surface area contributed by atoms with Crippen LogP contribution in [0.5, 0.6) is 0 Å². The number of halogens is 1. The van der Waals surface area contributed by atoms with Gasteiger partial charge in [-0.15, -0.1) is 0 Å². The average molecular weight is 204 g/mol. The van der Waals surface area contributed by atoms with E-state index in [4.69, 9.17) is 0 Å². The summed E-state index contributed by atoms with van der Waals surface area (Å²) in [6.07, 6.45) is 2.29. The van der Waals surface area contributed by atoms with Crippen LogP contribution in [-0.2, 0) is 0 Å². The van der Waals surface area contributed by atoms with Crippen LogP contribution in [0.3, 0.4) is 0 Å². The molecule has 15 heavy (non-hydrogen) atoms. The van der Waals surface area contributed by atoms with Crippen LogP contribution in [0.25, 0.3) is 5.69 Å². The molecule has 0 saturated carbocycles. The number of carbonyl (C=O) groups excluding carboxylic acids is 1. The number of benzene rings is 1. The van der Waals surface area contributed by atoms with Gasteiger partial charge in [0.25, 0.3) is 0 Å². The number of hydrogen-bond donors (Lipinski definition) is 0. The number of aromatic nitrogens is 2. The molecule has 0 N–H and O–H groups in total. The van der Waals surface area contributed by atoms with Crippen molar-refractivity contribution in [1.29, 1.82) is 0 Å². The van der Waals surface area contributed by atoms with E-state index in [2.05, 4.69) is 5.10 Å². The van der Waals surface area contributed by atoms with Crippen molar-refractivity contribution in [2.24, 2.45) is 0 Å². The molecule has 1 heterocycles. The highest BCUT2D eigenvalue weighted by molar-refractivity contribution is 5.75. The smallest absolute Gasteiger partial charge is 0.168 e. The minimum absolute atomic E-state index is 0.350. The molecule has 0 saturated heterocycles. The lowest BCUT2D eigenvalue weighted by atomic mass is 10.2. The molecule has 0 radical (unpaired) electrons. The third-order valence-corrected chi connectivity index (χ3v) is 2.16. The predicted octanol–water partition coefficient (Wildman–Crippen LogP) is 2.13. The molecule has 76 valence electrons. The van der Waals surface area contributed by atoms with Gasteiger partial charge in [0, 0.05) is 0 Å². The molecule has 4 heteroatoms. The zero-order chi connectivity index (χ0) is 10.8. The molecule has 3 nitrogen and oxygen atoms in total. The Bertz CT molecular complexity index is 505. The highest BCUT2D eigenvalue weighted by Gasteiger charge is 2.08. The van der Waals surface area contributed by atoms with Crippen LogP contribution < -0.4 is 0 Å². The molecule has 1 aromatic heterocycles. The van der Waals surface area contributed by atoms with Crippen LogP contribution in [0, 0.1) is 12.7 Å². The van der Waals surface area contributed by atoms with E-state index in [0.29, 0.717) is 17.7 Å². The first-order valence-electron chi connectivity index (χ1n) is 4.48. The van der Waals surface area contributed by atoms with Crippen molar-refractivity contribution in [3.63, 3.8) is 0 Å². The number of nitrogens with zero attached hydrogens (tertiary/aromatic N) is 2. The first-order valence-corrected chi connectivity index (χ1v) is 4.48. The van der Waals surface area contributed by atoms with Gasteiger partial charge in [0.2, 0.25) is 0 Å². The highest BCUT2D eigenvalue weighted by atomic mass is 19.1. The second-order valence-corrected chi connectivity index (χ2v) is 3.22. The minimum atomic E-state index is -0.350. The molecule has 1 aromatic carbocycles. The van der Waals surface area contributed by atoms with E-state index < -0.39 is 0 Å². The Hall–Kier alpha value is -1.97. The maximum absolute atomic E-state index is 13.0. The molecule has 0 bridgehead atoms. The summed E-state index contributed by atoms with van der Waals surface area (Å²) in [4.78, 5) is 10.8. The van der Waals surface area contributed by atoms with E-state index >= 15 is 0 Å². The van der Waals surface area contributed by atoms with Gasteiger partial charge in [0.1, 0.15) is 11.5 Å². The zero-order valence-electron chi connectivity index (χ0n) is 8.14. The Kier molecular flexibility index (Phi) is 2.33. The Labute approximate surface area is 86.2 Å². The highest BCUT2D eigenvalue weighted by Crippen LogP contribution is 2.13. The van der Waals surface area contributed by atoms with Gasteiger partial charge in [-0.25, -0.2) is 9.07 Å². The molecule has 2 rings (SSSR count). The maximum atomic E-state index is 13.0. The van der Waals surface area contributed by atoms with Gasteiger partial charge < -0.3 is 0 Å². The third kappa shape index (κ3) is 1.66. The minimum Gasteiger partial charge on any atom is -0.296 e. The van der Waals surface area contributed by atoms with Crippen LogP contribution >= 0.6 is 0 Å². The molecular formula is C11H9FN2O. The van der Waals surface area contributed by atoms with E-state index in [-0.39, 0.29) is 5.82 Å². The van der Waals surface area contributed by atoms with Crippen molar-refractivity contribution in [3.8, 4) is 5.69 Å². The molecule has 0 aliphatic rings. The van der Waals surface area contributed by atoms with Gasteiger partial charge in [-0.2, -0.15) is 5.10 Å². The Morgan fingerprint density at radius 1 is 1.47 bits per heavy atom. The number of rotatable bonds is 2. The first-order chi connectivity index (χ1) is 7.22. The quantitative estimate of drug-likeness (QED) is 0.702. The molecular weight excluding hydrogens is 195 g/mol. The summed E-state index contributed by atoms with van der Waals surface area (Å²) in [6, 6.07) is 5.96. The van der Waals surface area contributed by atoms with Crippen LogP contribution in [-0.4, -0.2) is 16.1 Å². The number of aryl methyl sites for hydroxylation is 1. The second kappa shape index (κ2) is 3.65. The third-order valence-electron chi connectivity index (χ3n) is 2.16. The van der Waals surface area contributed by atoms with Crippen molar-refractivity contribution in [2.45, 2.75) is 6.92 Å². The van der Waals surface area contributed by atoms with Crippen molar-refractivity contribution in [1.82, 2.24) is 9.78 Å². The molecule has 0 atom stereocenters. The van der Waals surface area contributed by atoms with E-state index in [1.54, 1.807) is 25.3 Å². The lowest BCUT2D eigenvalue weighted by molar-refractivity contribution is 0.111. The summed E-state index contributed by atoms with van der Waals surface area (Å²) < 4.78 is 14.4. The summed E-state index contributed by atoms with van der Waals surface area (Å²) in [5.74, 6) is -0.350. The summed E-state index contributed by atoms with van der Waals surface area (Å²) in [5, 5.41) is 4.02. The zero-order valence-corrected chi connectivity index (χ0v) is 8.14. The first kappa shape index (κ1) is 9.58. The van der Waals surface area contributed by atoms with Crippen molar-refractivity contribution >= 4 is 6.29 Å². The Morgan fingerprint density at radius 2 is 2.27 bits per heavy atom.